The molecular weight excluding hydrogens is 933 g/mol. The molecule has 10 aromatic carbocycles. The van der Waals surface area contributed by atoms with Crippen molar-refractivity contribution >= 4 is 49.5 Å². The first-order chi connectivity index (χ1) is 37.7. The molecule has 12 aromatic rings. The van der Waals surface area contributed by atoms with E-state index in [0.29, 0.717) is 5.92 Å². The summed E-state index contributed by atoms with van der Waals surface area (Å²) in [7, 11) is 0. The zero-order valence-corrected chi connectivity index (χ0v) is 44.0. The van der Waals surface area contributed by atoms with Crippen LogP contribution >= 0.6 is 0 Å². The minimum atomic E-state index is -0.148. The van der Waals surface area contributed by atoms with Gasteiger partial charge in [-0.05, 0) is 120 Å². The van der Waals surface area contributed by atoms with E-state index < -0.39 is 0 Å². The lowest BCUT2D eigenvalue weighted by molar-refractivity contribution is 0.393. The van der Waals surface area contributed by atoms with Crippen LogP contribution in [0.3, 0.4) is 0 Å². The number of rotatable bonds is 9. The Morgan fingerprint density at radius 2 is 0.935 bits per heavy atom. The Bertz CT molecular complexity index is 4360. The quantitative estimate of drug-likeness (QED) is 0.144. The van der Waals surface area contributed by atoms with Crippen molar-refractivity contribution < 1.29 is 8.83 Å². The average molecular weight is 991 g/mol. The molecular formula is C75H58O2. The molecule has 2 heteroatoms. The van der Waals surface area contributed by atoms with Gasteiger partial charge < -0.3 is 8.83 Å². The highest BCUT2D eigenvalue weighted by atomic mass is 16.3. The first-order valence-corrected chi connectivity index (χ1v) is 27.6. The molecule has 77 heavy (non-hydrogen) atoms. The summed E-state index contributed by atoms with van der Waals surface area (Å²) in [6.07, 6.45) is 7.25. The molecule has 0 fully saturated rings. The molecule has 3 aliphatic carbocycles. The van der Waals surface area contributed by atoms with Crippen molar-refractivity contribution in [3.63, 3.8) is 0 Å². The number of allylic oxidation sites excluding steroid dienone is 4. The molecule has 0 saturated heterocycles. The molecule has 2 heterocycles. The van der Waals surface area contributed by atoms with Gasteiger partial charge in [-0.1, -0.05) is 252 Å². The van der Waals surface area contributed by atoms with E-state index in [-0.39, 0.29) is 22.7 Å². The van der Waals surface area contributed by atoms with E-state index in [1.165, 1.54) is 72.3 Å². The Labute approximate surface area is 450 Å². The van der Waals surface area contributed by atoms with Gasteiger partial charge in [-0.2, -0.15) is 0 Å². The van der Waals surface area contributed by atoms with Crippen LogP contribution in [-0.2, 0) is 17.3 Å². The summed E-state index contributed by atoms with van der Waals surface area (Å²) in [6.45, 7) is 9.88. The fraction of sp³-hybridized carbons (Fsp3) is 0.147. The van der Waals surface area contributed by atoms with E-state index in [4.69, 9.17) is 8.83 Å². The fourth-order valence-corrected chi connectivity index (χ4v) is 14.0. The third-order valence-electron chi connectivity index (χ3n) is 18.1. The number of para-hydroxylation sites is 4. The molecule has 15 rings (SSSR count). The van der Waals surface area contributed by atoms with Crippen molar-refractivity contribution in [2.24, 2.45) is 5.92 Å². The largest absolute Gasteiger partial charge is 0.455 e. The van der Waals surface area contributed by atoms with Gasteiger partial charge in [0, 0.05) is 49.9 Å². The van der Waals surface area contributed by atoms with Gasteiger partial charge in [0.25, 0.3) is 0 Å². The van der Waals surface area contributed by atoms with Crippen LogP contribution in [0.1, 0.15) is 84.9 Å². The Morgan fingerprint density at radius 1 is 0.416 bits per heavy atom. The molecule has 0 spiro atoms. The van der Waals surface area contributed by atoms with Gasteiger partial charge in [0.15, 0.2) is 0 Å². The molecule has 3 atom stereocenters. The highest BCUT2D eigenvalue weighted by molar-refractivity contribution is 6.10. The van der Waals surface area contributed by atoms with Crippen LogP contribution in [0.5, 0.6) is 0 Å². The smallest absolute Gasteiger partial charge is 0.143 e. The molecule has 0 aliphatic heterocycles. The summed E-state index contributed by atoms with van der Waals surface area (Å²) in [6, 6.07) is 82.9. The van der Waals surface area contributed by atoms with Gasteiger partial charge in [-0.3, -0.25) is 0 Å². The minimum absolute atomic E-state index is 0.0911. The third-order valence-corrected chi connectivity index (χ3v) is 18.1. The van der Waals surface area contributed by atoms with Gasteiger partial charge in [-0.15, -0.1) is 0 Å². The molecule has 0 N–H and O–H groups in total. The second-order valence-electron chi connectivity index (χ2n) is 23.0. The Morgan fingerprint density at radius 3 is 1.58 bits per heavy atom. The highest BCUT2D eigenvalue weighted by Crippen LogP contribution is 2.62. The van der Waals surface area contributed by atoms with E-state index in [0.717, 1.165) is 79.0 Å². The van der Waals surface area contributed by atoms with Gasteiger partial charge in [0.2, 0.25) is 0 Å². The van der Waals surface area contributed by atoms with Crippen LogP contribution < -0.4 is 0 Å². The molecule has 0 saturated carbocycles. The van der Waals surface area contributed by atoms with Crippen LogP contribution in [0.15, 0.2) is 251 Å². The van der Waals surface area contributed by atoms with Crippen LogP contribution in [0.2, 0.25) is 0 Å². The highest BCUT2D eigenvalue weighted by Gasteiger charge is 2.51. The van der Waals surface area contributed by atoms with Crippen LogP contribution in [-0.4, -0.2) is 0 Å². The summed E-state index contributed by atoms with van der Waals surface area (Å²) in [5.41, 5.74) is 25.7. The maximum atomic E-state index is 6.58. The van der Waals surface area contributed by atoms with Crippen LogP contribution in [0.4, 0.5) is 0 Å². The van der Waals surface area contributed by atoms with Crippen molar-refractivity contribution in [3.8, 4) is 44.5 Å². The second-order valence-corrected chi connectivity index (χ2v) is 23.0. The van der Waals surface area contributed by atoms with Crippen molar-refractivity contribution in [2.45, 2.75) is 63.2 Å². The maximum absolute atomic E-state index is 6.58. The summed E-state index contributed by atoms with van der Waals surface area (Å²) in [4.78, 5) is 0. The van der Waals surface area contributed by atoms with Gasteiger partial charge in [-0.25, -0.2) is 0 Å². The predicted molar refractivity (Wildman–Crippen MR) is 321 cm³/mol. The second kappa shape index (κ2) is 17.4. The summed E-state index contributed by atoms with van der Waals surface area (Å²) in [5, 5.41) is 4.59. The third kappa shape index (κ3) is 7.22. The SMILES string of the molecule is CC1(C)C2=CC3c4c(-c5ccc(-c6cccc7c6oc6ccccc67)cc5)cc(C(CCc5ccc(-c6ccccc6)cc5)c5ccc(-c6cccc7c6oc6ccccc67)cc5)cc4C(C)(C)C3C=C2c2ccccc21. The number of fused-ring (bicyclic) bond motifs is 12. The normalized spacial score (nSPS) is 17.2. The fourth-order valence-electron chi connectivity index (χ4n) is 14.0. The maximum Gasteiger partial charge on any atom is 0.143 e. The average Bonchev–Trinajstić information content (AvgIpc) is 4.27. The summed E-state index contributed by atoms with van der Waals surface area (Å²) < 4.78 is 13.2. The van der Waals surface area contributed by atoms with E-state index in [9.17, 15) is 0 Å². The molecule has 370 valence electrons. The predicted octanol–water partition coefficient (Wildman–Crippen LogP) is 20.2. The minimum Gasteiger partial charge on any atom is -0.455 e. The molecule has 0 bridgehead atoms. The molecule has 0 radical (unpaired) electrons. The van der Waals surface area contributed by atoms with Gasteiger partial charge >= 0.3 is 0 Å². The first kappa shape index (κ1) is 45.7. The molecule has 2 aromatic heterocycles. The van der Waals surface area contributed by atoms with E-state index in [1.54, 1.807) is 0 Å². The number of aryl methyl sites for hydroxylation is 1. The van der Waals surface area contributed by atoms with Crippen LogP contribution in [0.25, 0.3) is 94.0 Å². The van der Waals surface area contributed by atoms with E-state index in [1.807, 2.05) is 0 Å². The van der Waals surface area contributed by atoms with Gasteiger partial charge in [0.05, 0.1) is 0 Å². The topological polar surface area (TPSA) is 26.3 Å². The molecule has 2 nitrogen and oxygen atoms in total. The van der Waals surface area contributed by atoms with Gasteiger partial charge in [0.1, 0.15) is 22.3 Å². The van der Waals surface area contributed by atoms with Crippen LogP contribution in [0, 0.1) is 5.92 Å². The molecule has 3 aliphatic rings. The molecule has 3 unspecified atom stereocenters. The van der Waals surface area contributed by atoms with E-state index in [2.05, 4.69) is 264 Å². The van der Waals surface area contributed by atoms with Crippen molar-refractivity contribution in [3.05, 3.63) is 281 Å². The lowest BCUT2D eigenvalue weighted by atomic mass is 9.70. The zero-order valence-electron chi connectivity index (χ0n) is 44.0. The van der Waals surface area contributed by atoms with Crippen molar-refractivity contribution in [1.29, 1.82) is 0 Å². The Kier molecular flexibility index (Phi) is 10.3. The number of hydrogen-bond acceptors (Lipinski definition) is 2. The van der Waals surface area contributed by atoms with Crippen molar-refractivity contribution in [1.82, 2.24) is 0 Å². The Hall–Kier alpha value is -8.72. The summed E-state index contributed by atoms with van der Waals surface area (Å²) in [5.74, 6) is 0.635. The molecule has 0 amide bonds. The van der Waals surface area contributed by atoms with E-state index >= 15 is 0 Å². The van der Waals surface area contributed by atoms with Crippen molar-refractivity contribution in [2.75, 3.05) is 0 Å². The number of benzene rings is 10. The first-order valence-electron chi connectivity index (χ1n) is 27.6. The number of furan rings is 2. The summed E-state index contributed by atoms with van der Waals surface area (Å²) >= 11 is 0. The standard InChI is InChI=1S/C75H58O2/c1-74(2)65-25-11-8-18-57(65)63-44-67-64(45-66(63)74)71-62(52-39-37-51(38-40-52)56-22-15-24-61-59-20-10-13-27-70(59)77-73(56)61)42-53(43-68(71)75(67,3)4)54(41-30-46-28-31-48(32-29-46)47-16-6-5-7-17-47)49-33-35-50(36-34-49)55-21-14-23-60-58-19-9-12-26-69(58)76-72(55)60/h5-29,31-40,42-45,54,64,67H,30,41H2,1-4H3. The lowest BCUT2D eigenvalue weighted by Crippen LogP contribution is -2.27. The zero-order chi connectivity index (χ0) is 51.6. The number of hydrogen-bond donors (Lipinski definition) is 0. The lowest BCUT2D eigenvalue weighted by Gasteiger charge is -2.34. The monoisotopic (exact) mass is 990 g/mol. The Balaban J connectivity index is 0.886.